The van der Waals surface area contributed by atoms with Crippen LogP contribution in [0.2, 0.25) is 0 Å². The summed E-state index contributed by atoms with van der Waals surface area (Å²) in [5, 5.41) is 0. The van der Waals surface area contributed by atoms with Crippen LogP contribution in [-0.2, 0) is 6.54 Å². The molecule has 0 saturated carbocycles. The number of benzene rings is 1. The normalized spacial score (nSPS) is 19.5. The van der Waals surface area contributed by atoms with Gasteiger partial charge in [0.15, 0.2) is 0 Å². The number of hydrogen-bond acceptors (Lipinski definition) is 3. The highest BCUT2D eigenvalue weighted by atomic mass is 16.5. The molecular formula is C15H24N2O. The van der Waals surface area contributed by atoms with Crippen molar-refractivity contribution in [2.45, 2.75) is 38.8 Å². The fourth-order valence-electron chi connectivity index (χ4n) is 2.68. The first kappa shape index (κ1) is 13.4. The van der Waals surface area contributed by atoms with Crippen LogP contribution in [0.1, 0.15) is 32.3 Å². The van der Waals surface area contributed by atoms with Gasteiger partial charge in [0.05, 0.1) is 0 Å². The number of rotatable bonds is 4. The lowest BCUT2D eigenvalue weighted by Gasteiger charge is -2.31. The zero-order valence-electron chi connectivity index (χ0n) is 11.5. The number of para-hydroxylation sites is 1. The van der Waals surface area contributed by atoms with Crippen molar-refractivity contribution < 1.29 is 4.74 Å². The lowest BCUT2D eigenvalue weighted by Crippen LogP contribution is -2.48. The molecule has 0 aliphatic carbocycles. The Bertz CT molecular complexity index is 390. The van der Waals surface area contributed by atoms with E-state index in [1.807, 2.05) is 12.1 Å². The van der Waals surface area contributed by atoms with E-state index in [2.05, 4.69) is 30.9 Å². The van der Waals surface area contributed by atoms with Gasteiger partial charge in [0, 0.05) is 30.7 Å². The van der Waals surface area contributed by atoms with Crippen molar-refractivity contribution in [1.29, 1.82) is 0 Å². The molecule has 0 saturated heterocycles. The van der Waals surface area contributed by atoms with E-state index < -0.39 is 0 Å². The van der Waals surface area contributed by atoms with Gasteiger partial charge in [-0.05, 0) is 19.4 Å². The van der Waals surface area contributed by atoms with Crippen LogP contribution in [0.25, 0.3) is 0 Å². The SMILES string of the molecule is CCCC(C)(N)CN1CCOc2ccccc2C1. The van der Waals surface area contributed by atoms with Crippen LogP contribution < -0.4 is 10.5 Å². The minimum atomic E-state index is -0.103. The maximum absolute atomic E-state index is 6.35. The highest BCUT2D eigenvalue weighted by Crippen LogP contribution is 2.23. The summed E-state index contributed by atoms with van der Waals surface area (Å²) >= 11 is 0. The van der Waals surface area contributed by atoms with Gasteiger partial charge in [-0.3, -0.25) is 4.90 Å². The van der Waals surface area contributed by atoms with E-state index in [0.717, 1.165) is 44.8 Å². The molecule has 100 valence electrons. The fourth-order valence-corrected chi connectivity index (χ4v) is 2.68. The Hall–Kier alpha value is -1.06. The molecule has 1 aliphatic rings. The number of hydrogen-bond donors (Lipinski definition) is 1. The summed E-state index contributed by atoms with van der Waals surface area (Å²) in [6, 6.07) is 8.28. The Balaban J connectivity index is 2.04. The standard InChI is InChI=1S/C15H24N2O/c1-3-8-15(2,16)12-17-9-10-18-14-7-5-4-6-13(14)11-17/h4-7H,3,8-12,16H2,1-2H3. The van der Waals surface area contributed by atoms with Gasteiger partial charge < -0.3 is 10.5 Å². The average Bonchev–Trinajstić information content (AvgIpc) is 2.49. The van der Waals surface area contributed by atoms with E-state index in [0.29, 0.717) is 0 Å². The predicted molar refractivity (Wildman–Crippen MR) is 74.7 cm³/mol. The minimum absolute atomic E-state index is 0.103. The molecule has 1 atom stereocenters. The summed E-state index contributed by atoms with van der Waals surface area (Å²) in [4.78, 5) is 2.40. The Morgan fingerprint density at radius 1 is 1.39 bits per heavy atom. The minimum Gasteiger partial charge on any atom is -0.492 e. The van der Waals surface area contributed by atoms with Crippen molar-refractivity contribution in [2.75, 3.05) is 19.7 Å². The summed E-state index contributed by atoms with van der Waals surface area (Å²) in [6.45, 7) is 7.90. The van der Waals surface area contributed by atoms with Crippen LogP contribution in [0.3, 0.4) is 0 Å². The zero-order chi connectivity index (χ0) is 13.0. The van der Waals surface area contributed by atoms with Gasteiger partial charge >= 0.3 is 0 Å². The largest absolute Gasteiger partial charge is 0.492 e. The van der Waals surface area contributed by atoms with E-state index in [9.17, 15) is 0 Å². The van der Waals surface area contributed by atoms with Crippen LogP contribution in [0.5, 0.6) is 5.75 Å². The van der Waals surface area contributed by atoms with Gasteiger partial charge in [-0.2, -0.15) is 0 Å². The van der Waals surface area contributed by atoms with Crippen molar-refractivity contribution in [3.8, 4) is 5.75 Å². The number of ether oxygens (including phenoxy) is 1. The Kier molecular flexibility index (Phi) is 4.25. The van der Waals surface area contributed by atoms with E-state index in [-0.39, 0.29) is 5.54 Å². The molecule has 0 amide bonds. The lowest BCUT2D eigenvalue weighted by atomic mass is 9.96. The van der Waals surface area contributed by atoms with Crippen molar-refractivity contribution >= 4 is 0 Å². The van der Waals surface area contributed by atoms with Crippen LogP contribution in [-0.4, -0.2) is 30.1 Å². The molecule has 0 spiro atoms. The second kappa shape index (κ2) is 5.72. The van der Waals surface area contributed by atoms with Gasteiger partial charge in [0.1, 0.15) is 12.4 Å². The molecule has 3 nitrogen and oxygen atoms in total. The summed E-state index contributed by atoms with van der Waals surface area (Å²) in [6.07, 6.45) is 2.19. The van der Waals surface area contributed by atoms with E-state index in [4.69, 9.17) is 10.5 Å². The Morgan fingerprint density at radius 3 is 2.94 bits per heavy atom. The molecule has 3 heteroatoms. The van der Waals surface area contributed by atoms with Gasteiger partial charge in [0.25, 0.3) is 0 Å². The molecule has 2 N–H and O–H groups in total. The first-order valence-electron chi connectivity index (χ1n) is 6.83. The number of nitrogens with zero attached hydrogens (tertiary/aromatic N) is 1. The van der Waals surface area contributed by atoms with Gasteiger partial charge in [-0.1, -0.05) is 31.5 Å². The zero-order valence-corrected chi connectivity index (χ0v) is 11.5. The molecule has 18 heavy (non-hydrogen) atoms. The molecule has 0 fully saturated rings. The van der Waals surface area contributed by atoms with Crippen molar-refractivity contribution in [3.05, 3.63) is 29.8 Å². The smallest absolute Gasteiger partial charge is 0.123 e. The molecule has 1 heterocycles. The quantitative estimate of drug-likeness (QED) is 0.889. The van der Waals surface area contributed by atoms with Gasteiger partial charge in [-0.15, -0.1) is 0 Å². The molecule has 0 bridgehead atoms. The van der Waals surface area contributed by atoms with E-state index in [1.165, 1.54) is 5.56 Å². The highest BCUT2D eigenvalue weighted by molar-refractivity contribution is 5.33. The third-order valence-electron chi connectivity index (χ3n) is 3.44. The maximum atomic E-state index is 6.35. The monoisotopic (exact) mass is 248 g/mol. The molecule has 1 aliphatic heterocycles. The van der Waals surface area contributed by atoms with Crippen molar-refractivity contribution in [2.24, 2.45) is 5.73 Å². The number of nitrogens with two attached hydrogens (primary N) is 1. The molecule has 1 aromatic carbocycles. The third kappa shape index (κ3) is 3.47. The molecule has 1 unspecified atom stereocenters. The van der Waals surface area contributed by atoms with E-state index in [1.54, 1.807) is 0 Å². The second-order valence-corrected chi connectivity index (χ2v) is 5.57. The van der Waals surface area contributed by atoms with E-state index >= 15 is 0 Å². The van der Waals surface area contributed by atoms with Crippen molar-refractivity contribution in [1.82, 2.24) is 4.90 Å². The molecule has 0 radical (unpaired) electrons. The van der Waals surface area contributed by atoms with Crippen LogP contribution in [0.15, 0.2) is 24.3 Å². The lowest BCUT2D eigenvalue weighted by molar-refractivity contribution is 0.183. The predicted octanol–water partition coefficient (Wildman–Crippen LogP) is 2.40. The summed E-state index contributed by atoms with van der Waals surface area (Å²) in [7, 11) is 0. The topological polar surface area (TPSA) is 38.5 Å². The number of fused-ring (bicyclic) bond motifs is 1. The summed E-state index contributed by atoms with van der Waals surface area (Å²) in [5.41, 5.74) is 7.51. The second-order valence-electron chi connectivity index (χ2n) is 5.57. The fraction of sp³-hybridized carbons (Fsp3) is 0.600. The maximum Gasteiger partial charge on any atom is 0.123 e. The van der Waals surface area contributed by atoms with Crippen molar-refractivity contribution in [3.63, 3.8) is 0 Å². The first-order chi connectivity index (χ1) is 8.61. The Morgan fingerprint density at radius 2 is 2.17 bits per heavy atom. The molecule has 1 aromatic rings. The van der Waals surface area contributed by atoms with Gasteiger partial charge in [0.2, 0.25) is 0 Å². The summed E-state index contributed by atoms with van der Waals surface area (Å²) in [5.74, 6) is 1.02. The Labute approximate surface area is 110 Å². The van der Waals surface area contributed by atoms with Crippen LogP contribution in [0, 0.1) is 0 Å². The molecule has 2 rings (SSSR count). The molecule has 0 aromatic heterocycles. The molecular weight excluding hydrogens is 224 g/mol. The third-order valence-corrected chi connectivity index (χ3v) is 3.44. The van der Waals surface area contributed by atoms with Crippen LogP contribution >= 0.6 is 0 Å². The van der Waals surface area contributed by atoms with Crippen LogP contribution in [0.4, 0.5) is 0 Å². The first-order valence-corrected chi connectivity index (χ1v) is 6.83. The highest BCUT2D eigenvalue weighted by Gasteiger charge is 2.23. The van der Waals surface area contributed by atoms with Gasteiger partial charge in [-0.25, -0.2) is 0 Å². The summed E-state index contributed by atoms with van der Waals surface area (Å²) < 4.78 is 5.77. The average molecular weight is 248 g/mol.